The minimum absolute atomic E-state index is 0.0545. The van der Waals surface area contributed by atoms with Gasteiger partial charge in [-0.05, 0) is 48.6 Å². The van der Waals surface area contributed by atoms with Crippen molar-refractivity contribution < 1.29 is 17.9 Å². The van der Waals surface area contributed by atoms with Gasteiger partial charge in [-0.15, -0.1) is 11.3 Å². The maximum atomic E-state index is 12.6. The van der Waals surface area contributed by atoms with E-state index in [1.807, 2.05) is 25.3 Å². The predicted octanol–water partition coefficient (Wildman–Crippen LogP) is 2.95. The van der Waals surface area contributed by atoms with Gasteiger partial charge in [0.2, 0.25) is 10.0 Å². The maximum absolute atomic E-state index is 12.6. The molecule has 0 saturated carbocycles. The number of nitrogens with one attached hydrogen (secondary N) is 1. The van der Waals surface area contributed by atoms with Crippen LogP contribution in [0.1, 0.15) is 28.5 Å². The van der Waals surface area contributed by atoms with Crippen LogP contribution in [0.15, 0.2) is 40.6 Å². The molecule has 0 saturated heterocycles. The molecule has 0 radical (unpaired) electrons. The molecule has 2 aromatic rings. The fraction of sp³-hybridized carbons (Fsp3) is 0.312. The number of hydrogen-bond acceptors (Lipinski definition) is 5. The molecule has 0 spiro atoms. The van der Waals surface area contributed by atoms with Crippen LogP contribution in [0, 0.1) is 13.8 Å². The average molecular weight is 353 g/mol. The summed E-state index contributed by atoms with van der Waals surface area (Å²) in [5, 5.41) is 1.84. The first kappa shape index (κ1) is 17.7. The van der Waals surface area contributed by atoms with E-state index in [4.69, 9.17) is 0 Å². The average Bonchev–Trinajstić information content (AvgIpc) is 3.03. The van der Waals surface area contributed by atoms with Gasteiger partial charge < -0.3 is 4.74 Å². The second-order valence-electron chi connectivity index (χ2n) is 5.22. The van der Waals surface area contributed by atoms with E-state index in [0.717, 1.165) is 16.0 Å². The summed E-state index contributed by atoms with van der Waals surface area (Å²) in [7, 11) is -2.45. The van der Waals surface area contributed by atoms with E-state index in [2.05, 4.69) is 9.46 Å². The molecular formula is C16H19NO4S2. The molecule has 0 amide bonds. The van der Waals surface area contributed by atoms with Crippen LogP contribution in [0.4, 0.5) is 0 Å². The number of carbonyl (C=O) groups is 1. The van der Waals surface area contributed by atoms with Gasteiger partial charge in [-0.25, -0.2) is 13.1 Å². The first-order valence-electron chi connectivity index (χ1n) is 7.03. The van der Waals surface area contributed by atoms with E-state index in [-0.39, 0.29) is 11.3 Å². The summed E-state index contributed by atoms with van der Waals surface area (Å²) in [6.07, 6.45) is -0.0545. The Bertz CT molecular complexity index is 782. The van der Waals surface area contributed by atoms with Crippen LogP contribution < -0.4 is 4.72 Å². The van der Waals surface area contributed by atoms with Crippen molar-refractivity contribution in [2.45, 2.75) is 31.2 Å². The third-order valence-corrected chi connectivity index (χ3v) is 6.03. The zero-order chi connectivity index (χ0) is 17.0. The molecule has 0 aliphatic rings. The summed E-state index contributed by atoms with van der Waals surface area (Å²) in [6.45, 7) is 3.78. The highest BCUT2D eigenvalue weighted by molar-refractivity contribution is 7.89. The molecule has 2 rings (SSSR count). The molecule has 0 bridgehead atoms. The molecular weight excluding hydrogens is 334 g/mol. The Hall–Kier alpha value is -1.70. The Morgan fingerprint density at radius 2 is 2.00 bits per heavy atom. The second-order valence-corrected chi connectivity index (χ2v) is 7.91. The fourth-order valence-corrected chi connectivity index (χ4v) is 4.23. The zero-order valence-electron chi connectivity index (χ0n) is 13.2. The fourth-order valence-electron chi connectivity index (χ4n) is 2.08. The van der Waals surface area contributed by atoms with Crippen LogP contribution in [-0.2, 0) is 19.6 Å². The van der Waals surface area contributed by atoms with E-state index < -0.39 is 22.0 Å². The molecule has 124 valence electrons. The van der Waals surface area contributed by atoms with Crippen molar-refractivity contribution in [3.8, 4) is 0 Å². The lowest BCUT2D eigenvalue weighted by Crippen LogP contribution is -2.30. The van der Waals surface area contributed by atoms with E-state index in [9.17, 15) is 13.2 Å². The number of thiophene rings is 1. The highest BCUT2D eigenvalue weighted by Gasteiger charge is 2.25. The van der Waals surface area contributed by atoms with Crippen LogP contribution in [-0.4, -0.2) is 21.5 Å². The first-order chi connectivity index (χ1) is 10.8. The zero-order valence-corrected chi connectivity index (χ0v) is 14.8. The van der Waals surface area contributed by atoms with Crippen LogP contribution in [0.2, 0.25) is 0 Å². The molecule has 0 fully saturated rings. The normalized spacial score (nSPS) is 12.8. The molecule has 0 aliphatic heterocycles. The predicted molar refractivity (Wildman–Crippen MR) is 89.9 cm³/mol. The van der Waals surface area contributed by atoms with E-state index in [1.54, 1.807) is 24.3 Å². The topological polar surface area (TPSA) is 72.5 Å². The van der Waals surface area contributed by atoms with Crippen molar-refractivity contribution in [3.63, 3.8) is 0 Å². The van der Waals surface area contributed by atoms with Crippen LogP contribution >= 0.6 is 11.3 Å². The van der Waals surface area contributed by atoms with Crippen molar-refractivity contribution in [1.82, 2.24) is 4.72 Å². The van der Waals surface area contributed by atoms with Gasteiger partial charge in [0.1, 0.15) is 0 Å². The van der Waals surface area contributed by atoms with Gasteiger partial charge in [-0.1, -0.05) is 12.1 Å². The van der Waals surface area contributed by atoms with E-state index >= 15 is 0 Å². The van der Waals surface area contributed by atoms with Gasteiger partial charge >= 0.3 is 5.97 Å². The number of hydrogen-bond donors (Lipinski definition) is 1. The molecule has 7 heteroatoms. The molecule has 1 aromatic heterocycles. The molecule has 1 aromatic carbocycles. The SMILES string of the molecule is COC(=O)C[C@@H](NS(=O)(=O)c1ccc(C)c(C)c1)c1cccs1. The van der Waals surface area contributed by atoms with E-state index in [0.29, 0.717) is 0 Å². The van der Waals surface area contributed by atoms with Gasteiger partial charge in [-0.3, -0.25) is 4.79 Å². The van der Waals surface area contributed by atoms with Gasteiger partial charge in [0.05, 0.1) is 24.5 Å². The van der Waals surface area contributed by atoms with Crippen molar-refractivity contribution in [2.75, 3.05) is 7.11 Å². The monoisotopic (exact) mass is 353 g/mol. The largest absolute Gasteiger partial charge is 0.469 e. The first-order valence-corrected chi connectivity index (χ1v) is 9.39. The third kappa shape index (κ3) is 4.40. The van der Waals surface area contributed by atoms with Gasteiger partial charge in [0.15, 0.2) is 0 Å². The summed E-state index contributed by atoms with van der Waals surface area (Å²) in [4.78, 5) is 12.5. The molecule has 0 unspecified atom stereocenters. The number of carbonyl (C=O) groups excluding carboxylic acids is 1. The lowest BCUT2D eigenvalue weighted by molar-refractivity contribution is -0.141. The second kappa shape index (κ2) is 7.25. The smallest absolute Gasteiger partial charge is 0.307 e. The summed E-state index contributed by atoms with van der Waals surface area (Å²) < 4.78 is 32.5. The lowest BCUT2D eigenvalue weighted by atomic mass is 10.1. The summed E-state index contributed by atoms with van der Waals surface area (Å²) in [5.41, 5.74) is 1.92. The number of benzene rings is 1. The van der Waals surface area contributed by atoms with Gasteiger partial charge in [0.25, 0.3) is 0 Å². The van der Waals surface area contributed by atoms with Crippen LogP contribution in [0.5, 0.6) is 0 Å². The summed E-state index contributed by atoms with van der Waals surface area (Å²) >= 11 is 1.39. The van der Waals surface area contributed by atoms with Crippen LogP contribution in [0.25, 0.3) is 0 Å². The molecule has 23 heavy (non-hydrogen) atoms. The quantitative estimate of drug-likeness (QED) is 0.811. The number of esters is 1. The maximum Gasteiger partial charge on any atom is 0.307 e. The Labute approximate surface area is 140 Å². The minimum atomic E-state index is -3.73. The summed E-state index contributed by atoms with van der Waals surface area (Å²) in [5.74, 6) is -0.466. The number of sulfonamides is 1. The van der Waals surface area contributed by atoms with Crippen LogP contribution in [0.3, 0.4) is 0 Å². The van der Waals surface area contributed by atoms with Gasteiger partial charge in [-0.2, -0.15) is 0 Å². The van der Waals surface area contributed by atoms with Crippen molar-refractivity contribution in [2.24, 2.45) is 0 Å². The summed E-state index contributed by atoms with van der Waals surface area (Å²) in [6, 6.07) is 7.92. The number of rotatable bonds is 6. The third-order valence-electron chi connectivity index (χ3n) is 3.57. The Kier molecular flexibility index (Phi) is 5.56. The Morgan fingerprint density at radius 1 is 1.26 bits per heavy atom. The van der Waals surface area contributed by atoms with Crippen molar-refractivity contribution >= 4 is 27.3 Å². The molecule has 0 aliphatic carbocycles. The Balaban J connectivity index is 2.30. The highest BCUT2D eigenvalue weighted by Crippen LogP contribution is 2.25. The van der Waals surface area contributed by atoms with Crippen molar-refractivity contribution in [1.29, 1.82) is 0 Å². The Morgan fingerprint density at radius 3 is 2.57 bits per heavy atom. The van der Waals surface area contributed by atoms with E-state index in [1.165, 1.54) is 18.4 Å². The highest BCUT2D eigenvalue weighted by atomic mass is 32.2. The molecule has 1 atom stereocenters. The number of ether oxygens (including phenoxy) is 1. The molecule has 1 N–H and O–H groups in total. The number of aryl methyl sites for hydroxylation is 2. The lowest BCUT2D eigenvalue weighted by Gasteiger charge is -2.17. The standard InChI is InChI=1S/C16H19NO4S2/c1-11-6-7-13(9-12(11)2)23(19,20)17-14(10-16(18)21-3)15-5-4-8-22-15/h4-9,14,17H,10H2,1-3H3/t14-/m1/s1. The molecule has 5 nitrogen and oxygen atoms in total. The van der Waals surface area contributed by atoms with Gasteiger partial charge in [0, 0.05) is 4.88 Å². The molecule has 1 heterocycles. The number of methoxy groups -OCH3 is 1. The van der Waals surface area contributed by atoms with Crippen molar-refractivity contribution in [3.05, 3.63) is 51.7 Å². The minimum Gasteiger partial charge on any atom is -0.469 e.